The van der Waals surface area contributed by atoms with E-state index in [1.165, 1.54) is 11.8 Å². The van der Waals surface area contributed by atoms with Gasteiger partial charge in [0.2, 0.25) is 11.8 Å². The van der Waals surface area contributed by atoms with Crippen LogP contribution in [-0.2, 0) is 9.59 Å². The van der Waals surface area contributed by atoms with Crippen molar-refractivity contribution >= 4 is 53.3 Å². The number of benzene rings is 1. The molecule has 4 atom stereocenters. The number of fused-ring (bicyclic) bond motifs is 2. The number of anilines is 1. The molecule has 1 aliphatic carbocycles. The molecule has 2 fully saturated rings. The Bertz CT molecular complexity index is 702. The van der Waals surface area contributed by atoms with Crippen molar-refractivity contribution in [3.63, 3.8) is 0 Å². The fraction of sp³-hybridized carbons (Fsp3) is 0.529. The van der Waals surface area contributed by atoms with Crippen molar-refractivity contribution in [3.8, 4) is 0 Å². The lowest BCUT2D eigenvalue weighted by atomic mass is 9.98. The van der Waals surface area contributed by atoms with Crippen LogP contribution in [0.5, 0.6) is 0 Å². The summed E-state index contributed by atoms with van der Waals surface area (Å²) in [5, 5.41) is 3.06. The second-order valence-electron chi connectivity index (χ2n) is 6.90. The molecule has 0 radical (unpaired) electrons. The summed E-state index contributed by atoms with van der Waals surface area (Å²) < 4.78 is 0. The van der Waals surface area contributed by atoms with Gasteiger partial charge in [-0.15, -0.1) is 24.2 Å². The molecule has 4 rings (SSSR count). The van der Waals surface area contributed by atoms with E-state index in [1.54, 1.807) is 12.1 Å². The molecule has 136 valence electrons. The lowest BCUT2D eigenvalue weighted by Crippen LogP contribution is -2.38. The zero-order valence-corrected chi connectivity index (χ0v) is 16.0. The third kappa shape index (κ3) is 3.63. The second-order valence-corrected chi connectivity index (χ2v) is 8.59. The Hall–Kier alpha value is -0.950. The number of likely N-dealkylation sites (tertiary alicyclic amines) is 1. The maximum atomic E-state index is 12.6. The lowest BCUT2D eigenvalue weighted by molar-refractivity contribution is -0.132. The Morgan fingerprint density at radius 1 is 1.36 bits per heavy atom. The highest BCUT2D eigenvalue weighted by Crippen LogP contribution is 2.40. The third-order valence-corrected chi connectivity index (χ3v) is 6.90. The number of hydrogen-bond acceptors (Lipinski definition) is 4. The highest BCUT2D eigenvalue weighted by atomic mass is 35.5. The van der Waals surface area contributed by atoms with Crippen molar-refractivity contribution < 1.29 is 9.59 Å². The fourth-order valence-corrected chi connectivity index (χ4v) is 5.31. The van der Waals surface area contributed by atoms with Crippen LogP contribution in [-0.4, -0.2) is 41.1 Å². The van der Waals surface area contributed by atoms with Gasteiger partial charge >= 0.3 is 0 Å². The predicted molar refractivity (Wildman–Crippen MR) is 102 cm³/mol. The summed E-state index contributed by atoms with van der Waals surface area (Å²) in [4.78, 5) is 27.8. The molecular formula is C17H21Cl2N3O2S. The van der Waals surface area contributed by atoms with E-state index in [2.05, 4.69) is 5.32 Å². The molecule has 1 saturated heterocycles. The first-order chi connectivity index (χ1) is 11.5. The first-order valence-electron chi connectivity index (χ1n) is 8.31. The molecule has 2 heterocycles. The monoisotopic (exact) mass is 401 g/mol. The summed E-state index contributed by atoms with van der Waals surface area (Å²) in [6, 6.07) is 5.64. The molecular weight excluding hydrogens is 381 g/mol. The lowest BCUT2D eigenvalue weighted by Gasteiger charge is -2.26. The van der Waals surface area contributed by atoms with E-state index >= 15 is 0 Å². The SMILES string of the molecule is Cl.NC1CCC2CN(C(=O)CC3Sc4ccc(Cl)cc4NC3=O)CC12. The van der Waals surface area contributed by atoms with Gasteiger partial charge in [0.05, 0.1) is 10.9 Å². The Labute approximate surface area is 162 Å². The van der Waals surface area contributed by atoms with Crippen LogP contribution in [0.25, 0.3) is 0 Å². The first kappa shape index (κ1) is 18.8. The van der Waals surface area contributed by atoms with E-state index < -0.39 is 0 Å². The molecule has 25 heavy (non-hydrogen) atoms. The van der Waals surface area contributed by atoms with Gasteiger partial charge in [-0.05, 0) is 42.9 Å². The topological polar surface area (TPSA) is 75.4 Å². The zero-order chi connectivity index (χ0) is 16.8. The normalized spacial score (nSPS) is 30.3. The van der Waals surface area contributed by atoms with E-state index in [-0.39, 0.29) is 41.9 Å². The van der Waals surface area contributed by atoms with E-state index in [0.29, 0.717) is 16.9 Å². The van der Waals surface area contributed by atoms with Gasteiger partial charge in [-0.2, -0.15) is 0 Å². The minimum absolute atomic E-state index is 0. The molecule has 1 saturated carbocycles. The van der Waals surface area contributed by atoms with Gasteiger partial charge < -0.3 is 16.0 Å². The molecule has 2 aliphatic heterocycles. The molecule has 3 N–H and O–H groups in total. The fourth-order valence-electron chi connectivity index (χ4n) is 4.06. The van der Waals surface area contributed by atoms with Crippen LogP contribution in [0.15, 0.2) is 23.1 Å². The predicted octanol–water partition coefficient (Wildman–Crippen LogP) is 2.76. The first-order valence-corrected chi connectivity index (χ1v) is 9.57. The Kier molecular flexibility index (Phi) is 5.54. The van der Waals surface area contributed by atoms with Crippen LogP contribution >= 0.6 is 35.8 Å². The molecule has 2 amide bonds. The average molecular weight is 402 g/mol. The minimum Gasteiger partial charge on any atom is -0.342 e. The van der Waals surface area contributed by atoms with Crippen LogP contribution in [0.3, 0.4) is 0 Å². The molecule has 5 nitrogen and oxygen atoms in total. The van der Waals surface area contributed by atoms with E-state index in [9.17, 15) is 9.59 Å². The van der Waals surface area contributed by atoms with Crippen LogP contribution in [0.2, 0.25) is 5.02 Å². The van der Waals surface area contributed by atoms with Gasteiger partial charge in [0.15, 0.2) is 0 Å². The number of amides is 2. The molecule has 1 aromatic carbocycles. The van der Waals surface area contributed by atoms with Gasteiger partial charge in [0.1, 0.15) is 0 Å². The Morgan fingerprint density at radius 2 is 2.16 bits per heavy atom. The quantitative estimate of drug-likeness (QED) is 0.798. The number of nitrogens with zero attached hydrogens (tertiary/aromatic N) is 1. The van der Waals surface area contributed by atoms with E-state index in [0.717, 1.165) is 36.5 Å². The molecule has 1 aromatic rings. The number of hydrogen-bond donors (Lipinski definition) is 2. The number of carbonyl (C=O) groups excluding carboxylic acids is 2. The smallest absolute Gasteiger partial charge is 0.238 e. The van der Waals surface area contributed by atoms with Crippen LogP contribution in [0.1, 0.15) is 19.3 Å². The van der Waals surface area contributed by atoms with Crippen molar-refractivity contribution in [2.45, 2.75) is 35.4 Å². The van der Waals surface area contributed by atoms with Crippen molar-refractivity contribution in [1.82, 2.24) is 4.90 Å². The summed E-state index contributed by atoms with van der Waals surface area (Å²) in [7, 11) is 0. The summed E-state index contributed by atoms with van der Waals surface area (Å²) in [6.07, 6.45) is 2.41. The maximum Gasteiger partial charge on any atom is 0.238 e. The van der Waals surface area contributed by atoms with E-state index in [1.807, 2.05) is 11.0 Å². The number of nitrogens with one attached hydrogen (secondary N) is 1. The van der Waals surface area contributed by atoms with Crippen LogP contribution in [0, 0.1) is 11.8 Å². The molecule has 0 bridgehead atoms. The molecule has 0 spiro atoms. The number of carbonyl (C=O) groups is 2. The number of rotatable bonds is 2. The van der Waals surface area contributed by atoms with Crippen LogP contribution < -0.4 is 11.1 Å². The standard InChI is InChI=1S/C17H20ClN3O2S.ClH/c18-10-2-4-14-13(5-10)20-17(23)15(24-14)6-16(22)21-7-9-1-3-12(19)11(9)8-21;/h2,4-5,9,11-12,15H,1,3,6-8,19H2,(H,20,23);1H. The molecule has 8 heteroatoms. The average Bonchev–Trinajstić information content (AvgIpc) is 3.11. The maximum absolute atomic E-state index is 12.6. The molecule has 3 aliphatic rings. The van der Waals surface area contributed by atoms with Crippen molar-refractivity contribution in [2.75, 3.05) is 18.4 Å². The van der Waals surface area contributed by atoms with Gasteiger partial charge in [0.25, 0.3) is 0 Å². The Balaban J connectivity index is 0.00000182. The third-order valence-electron chi connectivity index (χ3n) is 5.39. The van der Waals surface area contributed by atoms with Crippen molar-refractivity contribution in [2.24, 2.45) is 17.6 Å². The van der Waals surface area contributed by atoms with E-state index in [4.69, 9.17) is 17.3 Å². The largest absolute Gasteiger partial charge is 0.342 e. The summed E-state index contributed by atoms with van der Waals surface area (Å²) >= 11 is 7.40. The van der Waals surface area contributed by atoms with Gasteiger partial charge in [-0.3, -0.25) is 9.59 Å². The molecule has 4 unspecified atom stereocenters. The van der Waals surface area contributed by atoms with Gasteiger partial charge in [-0.25, -0.2) is 0 Å². The van der Waals surface area contributed by atoms with Crippen molar-refractivity contribution in [1.29, 1.82) is 0 Å². The number of nitrogens with two attached hydrogens (primary N) is 1. The summed E-state index contributed by atoms with van der Waals surface area (Å²) in [6.45, 7) is 1.54. The number of halogens is 2. The highest BCUT2D eigenvalue weighted by Gasteiger charge is 2.43. The summed E-state index contributed by atoms with van der Waals surface area (Å²) in [5.74, 6) is 0.908. The zero-order valence-electron chi connectivity index (χ0n) is 13.6. The number of thioether (sulfide) groups is 1. The van der Waals surface area contributed by atoms with Crippen LogP contribution in [0.4, 0.5) is 5.69 Å². The molecule has 0 aromatic heterocycles. The minimum atomic E-state index is -0.389. The van der Waals surface area contributed by atoms with Gasteiger partial charge in [0, 0.05) is 35.5 Å². The van der Waals surface area contributed by atoms with Crippen molar-refractivity contribution in [3.05, 3.63) is 23.2 Å². The second kappa shape index (κ2) is 7.35. The highest BCUT2D eigenvalue weighted by molar-refractivity contribution is 8.01. The summed E-state index contributed by atoms with van der Waals surface area (Å²) in [5.41, 5.74) is 6.86. The van der Waals surface area contributed by atoms with Gasteiger partial charge in [-0.1, -0.05) is 11.6 Å². The Morgan fingerprint density at radius 3 is 2.92 bits per heavy atom.